The zero-order valence-electron chi connectivity index (χ0n) is 45.9. The lowest BCUT2D eigenvalue weighted by molar-refractivity contribution is 0.426. The van der Waals surface area contributed by atoms with E-state index in [-0.39, 0.29) is 0 Å². The van der Waals surface area contributed by atoms with Crippen molar-refractivity contribution in [2.75, 3.05) is 0 Å². The van der Waals surface area contributed by atoms with Crippen LogP contribution >= 0.6 is 11.6 Å². The van der Waals surface area contributed by atoms with Crippen molar-refractivity contribution < 1.29 is 10.0 Å². The first-order valence-corrected chi connectivity index (χ1v) is 28.9. The molecule has 0 aliphatic rings. The first-order chi connectivity index (χ1) is 41.5. The van der Waals surface area contributed by atoms with E-state index < -0.39 is 7.12 Å². The Morgan fingerprint density at radius 2 is 0.536 bits per heavy atom. The molecule has 84 heavy (non-hydrogen) atoms. The third-order valence-electron chi connectivity index (χ3n) is 16.5. The smallest absolute Gasteiger partial charge is 0.423 e. The predicted molar refractivity (Wildman–Crippen MR) is 361 cm³/mol. The quantitative estimate of drug-likeness (QED) is 0.129. The fourth-order valence-electron chi connectivity index (χ4n) is 12.7. The molecule has 0 amide bonds. The van der Waals surface area contributed by atoms with Crippen LogP contribution in [0.15, 0.2) is 315 Å². The van der Waals surface area contributed by atoms with Crippen molar-refractivity contribution in [2.24, 2.45) is 0 Å². The molecule has 0 unspecified atom stereocenters. The molecule has 396 valence electrons. The van der Waals surface area contributed by atoms with Gasteiger partial charge in [-0.15, -0.1) is 0 Å². The molecule has 0 radical (unpaired) electrons. The molecule has 0 bridgehead atoms. The van der Waals surface area contributed by atoms with Crippen LogP contribution in [0.3, 0.4) is 0 Å². The zero-order chi connectivity index (χ0) is 56.5. The molecule has 0 aromatic heterocycles. The first kappa shape index (κ1) is 52.0. The Morgan fingerprint density at radius 1 is 0.214 bits per heavy atom. The second-order valence-electron chi connectivity index (χ2n) is 21.3. The highest BCUT2D eigenvalue weighted by atomic mass is 35.5. The molecule has 0 saturated heterocycles. The van der Waals surface area contributed by atoms with E-state index in [1.807, 2.05) is 42.5 Å². The summed E-state index contributed by atoms with van der Waals surface area (Å²) in [6.45, 7) is 0. The number of hydrogen-bond acceptors (Lipinski definition) is 2. The molecular weight excluding hydrogens is 1040 g/mol. The summed E-state index contributed by atoms with van der Waals surface area (Å²) in [6, 6.07) is 111. The Morgan fingerprint density at radius 3 is 1.00 bits per heavy atom. The SMILES string of the molecule is Clc1ccc2c(-c3ccccc3)c3ccccc3c(-c3cccc4ccccc34)c2c1.OB(O)c1cccc2ccccc12.c1ccc(-c2c3ccccc3c(-c3cccc4ccccc34)c3cc(-c4cccc5ccccc45)ccc23)cc1. The molecule has 16 aromatic rings. The molecule has 0 spiro atoms. The number of benzene rings is 16. The molecule has 2 N–H and O–H groups in total. The van der Waals surface area contributed by atoms with Gasteiger partial charge in [0.2, 0.25) is 0 Å². The van der Waals surface area contributed by atoms with Gasteiger partial charge in [0.1, 0.15) is 0 Å². The Kier molecular flexibility index (Phi) is 14.0. The molecule has 0 aliphatic carbocycles. The minimum atomic E-state index is -1.40. The van der Waals surface area contributed by atoms with E-state index in [1.165, 1.54) is 131 Å². The summed E-state index contributed by atoms with van der Waals surface area (Å²) in [5, 5.41) is 38.4. The number of rotatable bonds is 6. The third kappa shape index (κ3) is 9.61. The van der Waals surface area contributed by atoms with Crippen LogP contribution in [0.2, 0.25) is 5.02 Å². The van der Waals surface area contributed by atoms with Crippen molar-refractivity contribution in [3.05, 3.63) is 320 Å². The summed E-state index contributed by atoms with van der Waals surface area (Å²) in [5.74, 6) is 0. The molecule has 16 aromatic carbocycles. The van der Waals surface area contributed by atoms with Crippen LogP contribution in [0.4, 0.5) is 0 Å². The van der Waals surface area contributed by atoms with Gasteiger partial charge < -0.3 is 10.0 Å². The molecule has 16 rings (SSSR count). The third-order valence-corrected chi connectivity index (χ3v) is 16.7. The van der Waals surface area contributed by atoms with E-state index in [0.717, 1.165) is 15.8 Å². The largest absolute Gasteiger partial charge is 0.489 e. The molecule has 0 saturated carbocycles. The van der Waals surface area contributed by atoms with Crippen molar-refractivity contribution in [3.8, 4) is 55.6 Å². The first-order valence-electron chi connectivity index (χ1n) is 28.5. The summed E-state index contributed by atoms with van der Waals surface area (Å²) in [7, 11) is -1.40. The maximum atomic E-state index is 9.08. The van der Waals surface area contributed by atoms with Gasteiger partial charge in [0, 0.05) is 5.02 Å². The van der Waals surface area contributed by atoms with E-state index in [4.69, 9.17) is 21.6 Å². The highest BCUT2D eigenvalue weighted by Gasteiger charge is 2.21. The fourth-order valence-corrected chi connectivity index (χ4v) is 12.9. The van der Waals surface area contributed by atoms with Crippen LogP contribution < -0.4 is 5.46 Å². The van der Waals surface area contributed by atoms with Crippen molar-refractivity contribution in [3.63, 3.8) is 0 Å². The van der Waals surface area contributed by atoms with Gasteiger partial charge in [0.15, 0.2) is 0 Å². The number of hydrogen-bond donors (Lipinski definition) is 2. The molecule has 0 atom stereocenters. The molecule has 0 aliphatic heterocycles. The molecule has 2 nitrogen and oxygen atoms in total. The second kappa shape index (κ2) is 22.7. The predicted octanol–water partition coefficient (Wildman–Crippen LogP) is 21.0. The van der Waals surface area contributed by atoms with Gasteiger partial charge in [-0.05, 0) is 165 Å². The maximum Gasteiger partial charge on any atom is 0.489 e. The lowest BCUT2D eigenvalue weighted by atomic mass is 9.77. The minimum absolute atomic E-state index is 0.554. The van der Waals surface area contributed by atoms with Crippen LogP contribution in [0.25, 0.3) is 142 Å². The van der Waals surface area contributed by atoms with Crippen LogP contribution in [0, 0.1) is 0 Å². The molecule has 0 fully saturated rings. The van der Waals surface area contributed by atoms with Crippen LogP contribution in [-0.2, 0) is 0 Å². The van der Waals surface area contributed by atoms with Gasteiger partial charge in [0.25, 0.3) is 0 Å². The molecular formula is C80H54BClO2. The van der Waals surface area contributed by atoms with E-state index in [0.29, 0.717) is 5.46 Å². The summed E-state index contributed by atoms with van der Waals surface area (Å²) in [5.41, 5.74) is 13.1. The number of fused-ring (bicyclic) bond motifs is 8. The summed E-state index contributed by atoms with van der Waals surface area (Å²) in [4.78, 5) is 0. The van der Waals surface area contributed by atoms with Gasteiger partial charge in [-0.2, -0.15) is 0 Å². The molecule has 4 heteroatoms. The highest BCUT2D eigenvalue weighted by molar-refractivity contribution is 6.62. The van der Waals surface area contributed by atoms with E-state index >= 15 is 0 Å². The van der Waals surface area contributed by atoms with E-state index in [9.17, 15) is 0 Å². The lowest BCUT2D eigenvalue weighted by Gasteiger charge is -2.20. The maximum absolute atomic E-state index is 9.08. The lowest BCUT2D eigenvalue weighted by Crippen LogP contribution is -2.30. The van der Waals surface area contributed by atoms with Crippen molar-refractivity contribution in [1.29, 1.82) is 0 Å². The summed E-state index contributed by atoms with van der Waals surface area (Å²) in [6.07, 6.45) is 0. The standard InChI is InChI=1S/C40H26.C30H19Cl.C10H9BO2/c1-2-14-29(15-3-1)39-35-20-8-9-21-36(35)40(34-23-11-17-28-13-5-7-19-32(28)34)38-26-30(24-25-37(38)39)33-22-10-16-27-12-4-6-18-31(27)33;31-22-17-18-27-28(19-22)30(24-16-8-12-20-9-4-5-13-23(20)24)26-15-7-6-14-25(26)29(27)21-10-2-1-3-11-21;12-11(13)10-7-3-5-8-4-1-2-6-9(8)10/h1-26H;1-19H;1-7,12-13H. The summed E-state index contributed by atoms with van der Waals surface area (Å²) >= 11 is 6.55. The van der Waals surface area contributed by atoms with Crippen LogP contribution in [0.1, 0.15) is 0 Å². The van der Waals surface area contributed by atoms with Gasteiger partial charge in [-0.25, -0.2) is 0 Å². The van der Waals surface area contributed by atoms with Gasteiger partial charge in [0.05, 0.1) is 0 Å². The average Bonchev–Trinajstić information content (AvgIpc) is 1.34. The topological polar surface area (TPSA) is 40.5 Å². The van der Waals surface area contributed by atoms with Crippen LogP contribution in [-0.4, -0.2) is 17.2 Å². The Bertz CT molecular complexity index is 5110. The number of halogens is 1. The monoisotopic (exact) mass is 1090 g/mol. The average molecular weight is 1090 g/mol. The zero-order valence-corrected chi connectivity index (χ0v) is 46.6. The van der Waals surface area contributed by atoms with E-state index in [1.54, 1.807) is 6.07 Å². The Labute approximate surface area is 493 Å². The Balaban J connectivity index is 0.000000126. The van der Waals surface area contributed by atoms with E-state index in [2.05, 4.69) is 267 Å². The van der Waals surface area contributed by atoms with Gasteiger partial charge in [-0.1, -0.05) is 309 Å². The van der Waals surface area contributed by atoms with Crippen molar-refractivity contribution >= 4 is 110 Å². The van der Waals surface area contributed by atoms with Crippen molar-refractivity contribution in [2.45, 2.75) is 0 Å². The second-order valence-corrected chi connectivity index (χ2v) is 21.7. The van der Waals surface area contributed by atoms with Crippen LogP contribution in [0.5, 0.6) is 0 Å². The highest BCUT2D eigenvalue weighted by Crippen LogP contribution is 2.48. The minimum Gasteiger partial charge on any atom is -0.423 e. The summed E-state index contributed by atoms with van der Waals surface area (Å²) < 4.78 is 0. The Hall–Kier alpha value is -10.1. The normalized spacial score (nSPS) is 11.3. The molecule has 0 heterocycles. The van der Waals surface area contributed by atoms with Gasteiger partial charge >= 0.3 is 7.12 Å². The van der Waals surface area contributed by atoms with Gasteiger partial charge in [-0.3, -0.25) is 0 Å². The van der Waals surface area contributed by atoms with Crippen molar-refractivity contribution in [1.82, 2.24) is 0 Å². The fraction of sp³-hybridized carbons (Fsp3) is 0.